The van der Waals surface area contributed by atoms with Gasteiger partial charge in [0.15, 0.2) is 0 Å². The zero-order chi connectivity index (χ0) is 14.8. The van der Waals surface area contributed by atoms with E-state index in [9.17, 15) is 12.8 Å². The van der Waals surface area contributed by atoms with Crippen molar-refractivity contribution in [1.29, 1.82) is 0 Å². The van der Waals surface area contributed by atoms with Gasteiger partial charge in [-0.15, -0.1) is 0 Å². The number of hydrogen-bond acceptors (Lipinski definition) is 4. The number of primary sulfonamides is 1. The molecule has 5 N–H and O–H groups in total. The van der Waals surface area contributed by atoms with Crippen LogP contribution in [-0.4, -0.2) is 8.42 Å². The number of anilines is 2. The number of halogens is 1. The number of benzene rings is 2. The molecule has 106 valence electrons. The third-order valence-electron chi connectivity index (χ3n) is 2.78. The number of nitrogen functional groups attached to an aromatic ring is 1. The average molecular weight is 295 g/mol. The van der Waals surface area contributed by atoms with Crippen molar-refractivity contribution in [3.63, 3.8) is 0 Å². The molecule has 0 unspecified atom stereocenters. The highest BCUT2D eigenvalue weighted by molar-refractivity contribution is 7.89. The zero-order valence-corrected chi connectivity index (χ0v) is 11.3. The molecule has 2 aromatic rings. The summed E-state index contributed by atoms with van der Waals surface area (Å²) in [5.74, 6) is -0.320. The van der Waals surface area contributed by atoms with Crippen molar-refractivity contribution >= 4 is 21.4 Å². The highest BCUT2D eigenvalue weighted by atomic mass is 32.2. The highest BCUT2D eigenvalue weighted by Crippen LogP contribution is 2.22. The van der Waals surface area contributed by atoms with E-state index in [0.29, 0.717) is 11.3 Å². The van der Waals surface area contributed by atoms with Gasteiger partial charge in [0, 0.05) is 12.1 Å². The molecule has 0 fully saturated rings. The van der Waals surface area contributed by atoms with Crippen LogP contribution in [-0.2, 0) is 16.6 Å². The first-order valence-corrected chi connectivity index (χ1v) is 7.32. The Hall–Kier alpha value is -2.12. The summed E-state index contributed by atoms with van der Waals surface area (Å²) in [7, 11) is -3.78. The van der Waals surface area contributed by atoms with Gasteiger partial charge in [-0.05, 0) is 24.3 Å². The monoisotopic (exact) mass is 295 g/mol. The molecule has 0 aromatic heterocycles. The molecule has 0 aliphatic carbocycles. The molecule has 0 bridgehead atoms. The summed E-state index contributed by atoms with van der Waals surface area (Å²) in [4.78, 5) is -0.0635. The van der Waals surface area contributed by atoms with Gasteiger partial charge in [-0.3, -0.25) is 0 Å². The Bertz CT molecular complexity index is 732. The minimum Gasteiger partial charge on any atom is -0.397 e. The van der Waals surface area contributed by atoms with Crippen LogP contribution in [0.4, 0.5) is 15.8 Å². The van der Waals surface area contributed by atoms with Crippen molar-refractivity contribution in [2.75, 3.05) is 11.1 Å². The molecule has 2 rings (SSSR count). The highest BCUT2D eigenvalue weighted by Gasteiger charge is 2.10. The maximum absolute atomic E-state index is 13.4. The van der Waals surface area contributed by atoms with Gasteiger partial charge in [-0.2, -0.15) is 0 Å². The van der Waals surface area contributed by atoms with Crippen molar-refractivity contribution in [3.05, 3.63) is 53.8 Å². The SMILES string of the molecule is Nc1cc(S(N)(=O)=O)ccc1NCc1ccccc1F. The van der Waals surface area contributed by atoms with Crippen LogP contribution in [0.3, 0.4) is 0 Å². The van der Waals surface area contributed by atoms with E-state index in [-0.39, 0.29) is 22.9 Å². The summed E-state index contributed by atoms with van der Waals surface area (Å²) in [6, 6.07) is 10.5. The molecule has 0 aliphatic rings. The molecular formula is C13H14FN3O2S. The Balaban J connectivity index is 2.17. The standard InChI is InChI=1S/C13H14FN3O2S/c14-11-4-2-1-3-9(11)8-17-13-6-5-10(7-12(13)15)20(16,18)19/h1-7,17H,8,15H2,(H2,16,18,19). The Morgan fingerprint density at radius 3 is 2.45 bits per heavy atom. The normalized spacial score (nSPS) is 11.3. The van der Waals surface area contributed by atoms with Gasteiger partial charge in [0.25, 0.3) is 0 Å². The number of sulfonamides is 1. The molecule has 7 heteroatoms. The number of nitrogens with one attached hydrogen (secondary N) is 1. The van der Waals surface area contributed by atoms with Gasteiger partial charge in [0.1, 0.15) is 5.82 Å². The Morgan fingerprint density at radius 2 is 1.85 bits per heavy atom. The van der Waals surface area contributed by atoms with Crippen LogP contribution in [0.5, 0.6) is 0 Å². The van der Waals surface area contributed by atoms with Crippen LogP contribution in [0, 0.1) is 5.82 Å². The smallest absolute Gasteiger partial charge is 0.238 e. The van der Waals surface area contributed by atoms with Crippen LogP contribution in [0.25, 0.3) is 0 Å². The molecule has 0 atom stereocenters. The first-order chi connectivity index (χ1) is 9.38. The van der Waals surface area contributed by atoms with Crippen molar-refractivity contribution in [2.24, 2.45) is 5.14 Å². The summed E-state index contributed by atoms with van der Waals surface area (Å²) in [6.45, 7) is 0.242. The van der Waals surface area contributed by atoms with Gasteiger partial charge in [0.05, 0.1) is 16.3 Å². The Kier molecular flexibility index (Phi) is 3.91. The second-order valence-corrected chi connectivity index (χ2v) is 5.80. The second-order valence-electron chi connectivity index (χ2n) is 4.24. The van der Waals surface area contributed by atoms with E-state index in [0.717, 1.165) is 0 Å². The zero-order valence-electron chi connectivity index (χ0n) is 10.5. The predicted molar refractivity (Wildman–Crippen MR) is 76.0 cm³/mol. The fourth-order valence-corrected chi connectivity index (χ4v) is 2.26. The molecule has 0 saturated heterocycles. The molecule has 5 nitrogen and oxygen atoms in total. The van der Waals surface area contributed by atoms with Crippen LogP contribution >= 0.6 is 0 Å². The predicted octanol–water partition coefficient (Wildman–Crippen LogP) is 1.67. The van der Waals surface area contributed by atoms with E-state index in [1.54, 1.807) is 18.2 Å². The summed E-state index contributed by atoms with van der Waals surface area (Å²) < 4.78 is 35.8. The van der Waals surface area contributed by atoms with Crippen molar-refractivity contribution in [3.8, 4) is 0 Å². The lowest BCUT2D eigenvalue weighted by Gasteiger charge is -2.11. The van der Waals surface area contributed by atoms with Crippen LogP contribution in [0.1, 0.15) is 5.56 Å². The van der Waals surface area contributed by atoms with Gasteiger partial charge in [-0.25, -0.2) is 17.9 Å². The third kappa shape index (κ3) is 3.25. The largest absolute Gasteiger partial charge is 0.397 e. The quantitative estimate of drug-likeness (QED) is 0.747. The maximum atomic E-state index is 13.4. The molecule has 0 saturated carbocycles. The molecule has 20 heavy (non-hydrogen) atoms. The molecule has 2 aromatic carbocycles. The number of nitrogens with two attached hydrogens (primary N) is 2. The summed E-state index contributed by atoms with van der Waals surface area (Å²) >= 11 is 0. The molecule has 0 spiro atoms. The van der Waals surface area contributed by atoms with Gasteiger partial charge < -0.3 is 11.1 Å². The minimum absolute atomic E-state index is 0.0635. The lowest BCUT2D eigenvalue weighted by molar-refractivity contribution is 0.598. The summed E-state index contributed by atoms with van der Waals surface area (Å²) in [6.07, 6.45) is 0. The summed E-state index contributed by atoms with van der Waals surface area (Å²) in [5, 5.41) is 7.96. The molecule has 0 amide bonds. The first kappa shape index (κ1) is 14.3. The molecular weight excluding hydrogens is 281 g/mol. The van der Waals surface area contributed by atoms with Gasteiger partial charge >= 0.3 is 0 Å². The Morgan fingerprint density at radius 1 is 1.15 bits per heavy atom. The number of hydrogen-bond donors (Lipinski definition) is 3. The van der Waals surface area contributed by atoms with E-state index < -0.39 is 10.0 Å². The van der Waals surface area contributed by atoms with Crippen molar-refractivity contribution < 1.29 is 12.8 Å². The fraction of sp³-hybridized carbons (Fsp3) is 0.0769. The van der Waals surface area contributed by atoms with Crippen LogP contribution in [0.2, 0.25) is 0 Å². The van der Waals surface area contributed by atoms with E-state index in [4.69, 9.17) is 10.9 Å². The molecule has 0 aliphatic heterocycles. The van der Waals surface area contributed by atoms with E-state index >= 15 is 0 Å². The van der Waals surface area contributed by atoms with E-state index in [1.807, 2.05) is 0 Å². The van der Waals surface area contributed by atoms with Crippen LogP contribution < -0.4 is 16.2 Å². The number of rotatable bonds is 4. The lowest BCUT2D eigenvalue weighted by Crippen LogP contribution is -2.13. The lowest BCUT2D eigenvalue weighted by atomic mass is 10.2. The topological polar surface area (TPSA) is 98.2 Å². The molecule has 0 heterocycles. The molecule has 0 radical (unpaired) electrons. The first-order valence-electron chi connectivity index (χ1n) is 5.77. The average Bonchev–Trinajstić information content (AvgIpc) is 2.38. The van der Waals surface area contributed by atoms with E-state index in [2.05, 4.69) is 5.32 Å². The van der Waals surface area contributed by atoms with Gasteiger partial charge in [0.2, 0.25) is 10.0 Å². The maximum Gasteiger partial charge on any atom is 0.238 e. The van der Waals surface area contributed by atoms with Crippen molar-refractivity contribution in [2.45, 2.75) is 11.4 Å². The van der Waals surface area contributed by atoms with E-state index in [1.165, 1.54) is 24.3 Å². The third-order valence-corrected chi connectivity index (χ3v) is 3.69. The minimum atomic E-state index is -3.78. The second kappa shape index (κ2) is 5.48. The van der Waals surface area contributed by atoms with Crippen LogP contribution in [0.15, 0.2) is 47.4 Å². The van der Waals surface area contributed by atoms with Crippen molar-refractivity contribution in [1.82, 2.24) is 0 Å². The summed E-state index contributed by atoms with van der Waals surface area (Å²) in [5.41, 5.74) is 6.98. The fourth-order valence-electron chi connectivity index (χ4n) is 1.71. The van der Waals surface area contributed by atoms with Gasteiger partial charge in [-0.1, -0.05) is 18.2 Å². The Labute approximate surface area is 116 Å².